The molecule has 0 aromatic carbocycles. The van der Waals surface area contributed by atoms with Gasteiger partial charge in [-0.15, -0.1) is 0 Å². The second-order valence-corrected chi connectivity index (χ2v) is 10.9. The quantitative estimate of drug-likeness (QED) is 0.787. The van der Waals surface area contributed by atoms with Gasteiger partial charge in [-0.25, -0.2) is 0 Å². The summed E-state index contributed by atoms with van der Waals surface area (Å²) >= 11 is 0. The van der Waals surface area contributed by atoms with E-state index < -0.39 is 20.1 Å². The minimum absolute atomic E-state index is 0.0915. The van der Waals surface area contributed by atoms with Gasteiger partial charge in [0.05, 0.1) is 24.9 Å². The molecule has 1 rings (SSSR count). The van der Waals surface area contributed by atoms with Crippen LogP contribution < -0.4 is 0 Å². The number of aromatic nitrogens is 2. The van der Waals surface area contributed by atoms with Crippen molar-refractivity contribution in [1.82, 2.24) is 9.78 Å². The Bertz CT molecular complexity index is 421. The van der Waals surface area contributed by atoms with Crippen LogP contribution in [0.2, 0.25) is 18.1 Å². The third-order valence-corrected chi connectivity index (χ3v) is 8.09. The average molecular weight is 294 g/mol. The first-order chi connectivity index (χ1) is 8.43. The molecule has 0 unspecified atom stereocenters. The van der Waals surface area contributed by atoms with Crippen molar-refractivity contribution in [2.45, 2.75) is 51.6 Å². The number of hydrogen-bond acceptors (Lipinski definition) is 2. The number of rotatable bonds is 4. The van der Waals surface area contributed by atoms with Gasteiger partial charge in [-0.2, -0.15) is 18.3 Å². The Morgan fingerprint density at radius 3 is 2.26 bits per heavy atom. The molecule has 1 aromatic rings. The summed E-state index contributed by atoms with van der Waals surface area (Å²) < 4.78 is 44.3. The van der Waals surface area contributed by atoms with Crippen LogP contribution in [0.4, 0.5) is 13.2 Å². The molecule has 0 aliphatic carbocycles. The van der Waals surface area contributed by atoms with Crippen LogP contribution in [-0.2, 0) is 17.1 Å². The van der Waals surface area contributed by atoms with Crippen molar-refractivity contribution in [2.75, 3.05) is 6.61 Å². The van der Waals surface area contributed by atoms with Crippen molar-refractivity contribution in [2.24, 2.45) is 0 Å². The molecule has 7 heteroatoms. The molecule has 0 atom stereocenters. The molecule has 110 valence electrons. The highest BCUT2D eigenvalue weighted by molar-refractivity contribution is 6.74. The van der Waals surface area contributed by atoms with Crippen LogP contribution in [0.5, 0.6) is 0 Å². The van der Waals surface area contributed by atoms with Crippen LogP contribution in [0.25, 0.3) is 0 Å². The minimum atomic E-state index is -4.33. The number of nitrogens with zero attached hydrogens (tertiary/aromatic N) is 2. The van der Waals surface area contributed by atoms with Crippen molar-refractivity contribution < 1.29 is 17.6 Å². The lowest BCUT2D eigenvalue weighted by atomic mass is 10.2. The van der Waals surface area contributed by atoms with Crippen LogP contribution in [0.3, 0.4) is 0 Å². The summed E-state index contributed by atoms with van der Waals surface area (Å²) in [7, 11) is -1.85. The van der Waals surface area contributed by atoms with Crippen molar-refractivity contribution in [3.8, 4) is 0 Å². The van der Waals surface area contributed by atoms with Gasteiger partial charge in [0.2, 0.25) is 0 Å². The molecule has 0 fully saturated rings. The maximum atomic E-state index is 12.4. The fourth-order valence-corrected chi connectivity index (χ4v) is 2.28. The van der Waals surface area contributed by atoms with Crippen molar-refractivity contribution in [3.05, 3.63) is 18.0 Å². The summed E-state index contributed by atoms with van der Waals surface area (Å²) in [4.78, 5) is 0. The average Bonchev–Trinajstić information content (AvgIpc) is 2.63. The Morgan fingerprint density at radius 2 is 1.84 bits per heavy atom. The van der Waals surface area contributed by atoms with E-state index in [1.807, 2.05) is 0 Å². The van der Waals surface area contributed by atoms with Crippen LogP contribution >= 0.6 is 0 Å². The van der Waals surface area contributed by atoms with Gasteiger partial charge in [-0.05, 0) is 18.1 Å². The molecule has 1 aromatic heterocycles. The fraction of sp³-hybridized carbons (Fsp3) is 0.750. The summed E-state index contributed by atoms with van der Waals surface area (Å²) in [5.74, 6) is 0. The third-order valence-electron chi connectivity index (χ3n) is 3.55. The molecule has 0 saturated carbocycles. The number of alkyl halides is 3. The summed E-state index contributed by atoms with van der Waals surface area (Å²) in [6.07, 6.45) is -2.49. The molecule has 0 spiro atoms. The van der Waals surface area contributed by atoms with E-state index in [0.29, 0.717) is 13.2 Å². The Kier molecular flexibility index (Phi) is 4.51. The van der Waals surface area contributed by atoms with E-state index in [1.165, 1.54) is 4.68 Å². The van der Waals surface area contributed by atoms with Gasteiger partial charge in [-0.3, -0.25) is 4.68 Å². The normalized spacial score (nSPS) is 13.9. The predicted molar refractivity (Wildman–Crippen MR) is 70.4 cm³/mol. The van der Waals surface area contributed by atoms with Crippen LogP contribution in [0.1, 0.15) is 26.3 Å². The second-order valence-electron chi connectivity index (χ2n) is 6.10. The lowest BCUT2D eigenvalue weighted by molar-refractivity contribution is -0.137. The van der Waals surface area contributed by atoms with E-state index in [-0.39, 0.29) is 5.04 Å². The van der Waals surface area contributed by atoms with E-state index in [2.05, 4.69) is 39.0 Å². The SMILES string of the molecule is CC(C)(C)[Si](C)(C)OCCn1cc(C(F)(F)F)cn1. The standard InChI is InChI=1S/C12H21F3N2OSi/c1-11(2,3)19(4,5)18-7-6-17-9-10(8-16-17)12(13,14)15/h8-9H,6-7H2,1-5H3. The largest absolute Gasteiger partial charge is 0.419 e. The first kappa shape index (κ1) is 16.2. The monoisotopic (exact) mass is 294 g/mol. The first-order valence-electron chi connectivity index (χ1n) is 6.17. The van der Waals surface area contributed by atoms with Gasteiger partial charge in [0.15, 0.2) is 8.32 Å². The van der Waals surface area contributed by atoms with Crippen molar-refractivity contribution in [1.29, 1.82) is 0 Å². The Balaban J connectivity index is 2.53. The predicted octanol–water partition coefficient (Wildman–Crippen LogP) is 3.92. The zero-order chi connectivity index (χ0) is 14.9. The highest BCUT2D eigenvalue weighted by atomic mass is 28.4. The fourth-order valence-electron chi connectivity index (χ4n) is 1.24. The first-order valence-corrected chi connectivity index (χ1v) is 9.08. The van der Waals surface area contributed by atoms with Gasteiger partial charge >= 0.3 is 6.18 Å². The molecule has 19 heavy (non-hydrogen) atoms. The highest BCUT2D eigenvalue weighted by Gasteiger charge is 2.37. The molecule has 0 aliphatic heterocycles. The Hall–Kier alpha value is -0.823. The molecule has 0 aliphatic rings. The van der Waals surface area contributed by atoms with E-state index in [0.717, 1.165) is 12.4 Å². The topological polar surface area (TPSA) is 27.1 Å². The lowest BCUT2D eigenvalue weighted by Gasteiger charge is -2.36. The third kappa shape index (κ3) is 4.34. The molecule has 3 nitrogen and oxygen atoms in total. The molecule has 0 radical (unpaired) electrons. The number of hydrogen-bond donors (Lipinski definition) is 0. The molecular formula is C12H21F3N2OSi. The van der Waals surface area contributed by atoms with E-state index in [4.69, 9.17) is 4.43 Å². The number of halogens is 3. The van der Waals surface area contributed by atoms with Gasteiger partial charge in [-0.1, -0.05) is 20.8 Å². The van der Waals surface area contributed by atoms with Gasteiger partial charge in [0, 0.05) is 6.20 Å². The van der Waals surface area contributed by atoms with E-state index in [9.17, 15) is 13.2 Å². The molecule has 0 bridgehead atoms. The van der Waals surface area contributed by atoms with Gasteiger partial charge in [0.25, 0.3) is 0 Å². The summed E-state index contributed by atoms with van der Waals surface area (Å²) in [5.41, 5.74) is -0.722. The maximum absolute atomic E-state index is 12.4. The maximum Gasteiger partial charge on any atom is 0.419 e. The Labute approximate surface area is 112 Å². The summed E-state index contributed by atoms with van der Waals surface area (Å²) in [6.45, 7) is 11.3. The van der Waals surface area contributed by atoms with Crippen LogP contribution in [0.15, 0.2) is 12.4 Å². The molecule has 1 heterocycles. The van der Waals surface area contributed by atoms with Gasteiger partial charge < -0.3 is 4.43 Å². The molecule has 0 saturated heterocycles. The van der Waals surface area contributed by atoms with E-state index >= 15 is 0 Å². The minimum Gasteiger partial charge on any atom is -0.415 e. The Morgan fingerprint density at radius 1 is 1.26 bits per heavy atom. The smallest absolute Gasteiger partial charge is 0.415 e. The van der Waals surface area contributed by atoms with Crippen molar-refractivity contribution >= 4 is 8.32 Å². The summed E-state index contributed by atoms with van der Waals surface area (Å²) in [6, 6.07) is 0. The molecular weight excluding hydrogens is 273 g/mol. The summed E-state index contributed by atoms with van der Waals surface area (Å²) in [5, 5.41) is 3.79. The second kappa shape index (κ2) is 5.28. The van der Waals surface area contributed by atoms with Crippen LogP contribution in [-0.4, -0.2) is 24.7 Å². The molecule has 0 amide bonds. The molecule has 0 N–H and O–H groups in total. The van der Waals surface area contributed by atoms with Crippen LogP contribution in [0, 0.1) is 0 Å². The van der Waals surface area contributed by atoms with Crippen molar-refractivity contribution in [3.63, 3.8) is 0 Å². The zero-order valence-corrected chi connectivity index (χ0v) is 13.0. The van der Waals surface area contributed by atoms with Gasteiger partial charge in [0.1, 0.15) is 0 Å². The zero-order valence-electron chi connectivity index (χ0n) is 12.0. The highest BCUT2D eigenvalue weighted by Crippen LogP contribution is 2.36. The lowest BCUT2D eigenvalue weighted by Crippen LogP contribution is -2.41. The van der Waals surface area contributed by atoms with E-state index in [1.54, 1.807) is 0 Å².